The van der Waals surface area contributed by atoms with E-state index in [1.54, 1.807) is 24.3 Å². The average Bonchev–Trinajstić information content (AvgIpc) is 2.80. The van der Waals surface area contributed by atoms with Crippen LogP contribution in [0.4, 0.5) is 0 Å². The molecule has 1 amide bonds. The van der Waals surface area contributed by atoms with Crippen LogP contribution in [0.5, 0.6) is 0 Å². The Balaban J connectivity index is 1.63. The smallest absolute Gasteiger partial charge is 0.320 e. The molecule has 0 fully saturated rings. The number of carbonyl (C=O) groups excluding carboxylic acids is 1. The van der Waals surface area contributed by atoms with Crippen molar-refractivity contribution in [3.63, 3.8) is 0 Å². The third-order valence-electron chi connectivity index (χ3n) is 5.72. The van der Waals surface area contributed by atoms with Crippen molar-refractivity contribution in [1.29, 1.82) is 0 Å². The molecule has 0 aliphatic rings. The predicted molar refractivity (Wildman–Crippen MR) is 128 cm³/mol. The number of aliphatic carboxylic acids is 1. The number of hydrogen-bond acceptors (Lipinski definition) is 3. The molecule has 3 rings (SSSR count). The Morgan fingerprint density at radius 2 is 1.47 bits per heavy atom. The maximum atomic E-state index is 12.7. The Hall–Kier alpha value is -3.44. The standard InChI is InChI=1S/C27H30N2O3/c1-18(2)24(22-14-12-21(13-15-22)20-6-4-3-5-7-20)17-29-26(30)23-10-8-19(9-11-23)16-25(28)27(31)32/h3-15,18,24-25H,16-17,28H2,1-2H3,(H,29,30)(H,31,32)/t24-,25+/m1/s1. The average molecular weight is 431 g/mol. The SMILES string of the molecule is CC(C)[C@@H](CNC(=O)c1ccc(C[C@H](N)C(=O)O)cc1)c1ccc(-c2ccccc2)cc1. The van der Waals surface area contributed by atoms with E-state index in [0.29, 0.717) is 18.0 Å². The van der Waals surface area contributed by atoms with Crippen molar-refractivity contribution in [2.75, 3.05) is 6.54 Å². The molecule has 0 saturated carbocycles. The molecule has 0 aliphatic heterocycles. The van der Waals surface area contributed by atoms with Crippen molar-refractivity contribution in [2.24, 2.45) is 11.7 Å². The minimum absolute atomic E-state index is 0.148. The van der Waals surface area contributed by atoms with Gasteiger partial charge in [-0.05, 0) is 46.7 Å². The second-order valence-corrected chi connectivity index (χ2v) is 8.39. The van der Waals surface area contributed by atoms with Crippen LogP contribution in [-0.4, -0.2) is 29.6 Å². The summed E-state index contributed by atoms with van der Waals surface area (Å²) in [7, 11) is 0. The summed E-state index contributed by atoms with van der Waals surface area (Å²) in [4.78, 5) is 23.6. The monoisotopic (exact) mass is 430 g/mol. The highest BCUT2D eigenvalue weighted by Gasteiger charge is 2.18. The van der Waals surface area contributed by atoms with Crippen LogP contribution in [0.3, 0.4) is 0 Å². The van der Waals surface area contributed by atoms with Crippen molar-refractivity contribution < 1.29 is 14.7 Å². The van der Waals surface area contributed by atoms with Gasteiger partial charge in [-0.3, -0.25) is 9.59 Å². The predicted octanol–water partition coefficient (Wildman–Crippen LogP) is 4.48. The number of carbonyl (C=O) groups is 2. The molecule has 0 heterocycles. The van der Waals surface area contributed by atoms with Crippen LogP contribution < -0.4 is 11.1 Å². The zero-order valence-electron chi connectivity index (χ0n) is 18.5. The highest BCUT2D eigenvalue weighted by molar-refractivity contribution is 5.94. The zero-order chi connectivity index (χ0) is 23.1. The van der Waals surface area contributed by atoms with Gasteiger partial charge in [0.1, 0.15) is 6.04 Å². The van der Waals surface area contributed by atoms with E-state index in [0.717, 1.165) is 5.56 Å². The van der Waals surface area contributed by atoms with Crippen molar-refractivity contribution in [2.45, 2.75) is 32.2 Å². The van der Waals surface area contributed by atoms with E-state index in [9.17, 15) is 9.59 Å². The van der Waals surface area contributed by atoms with Gasteiger partial charge in [-0.2, -0.15) is 0 Å². The first-order valence-corrected chi connectivity index (χ1v) is 10.9. The van der Waals surface area contributed by atoms with E-state index in [-0.39, 0.29) is 18.2 Å². The summed E-state index contributed by atoms with van der Waals surface area (Å²) < 4.78 is 0. The van der Waals surface area contributed by atoms with Crippen LogP contribution in [0.15, 0.2) is 78.9 Å². The van der Waals surface area contributed by atoms with Crippen LogP contribution in [0.25, 0.3) is 11.1 Å². The van der Waals surface area contributed by atoms with Crippen molar-refractivity contribution in [3.8, 4) is 11.1 Å². The first kappa shape index (κ1) is 23.2. The molecular weight excluding hydrogens is 400 g/mol. The minimum Gasteiger partial charge on any atom is -0.480 e. The van der Waals surface area contributed by atoms with Crippen LogP contribution in [-0.2, 0) is 11.2 Å². The fourth-order valence-electron chi connectivity index (χ4n) is 3.73. The van der Waals surface area contributed by atoms with E-state index in [1.165, 1.54) is 16.7 Å². The molecule has 0 bridgehead atoms. The van der Waals surface area contributed by atoms with Gasteiger partial charge in [0.2, 0.25) is 0 Å². The van der Waals surface area contributed by atoms with Crippen molar-refractivity contribution in [1.82, 2.24) is 5.32 Å². The maximum Gasteiger partial charge on any atom is 0.320 e. The summed E-state index contributed by atoms with van der Waals surface area (Å²) in [5.41, 5.74) is 10.4. The maximum absolute atomic E-state index is 12.7. The second kappa shape index (κ2) is 10.7. The van der Waals surface area contributed by atoms with Gasteiger partial charge in [0.25, 0.3) is 5.91 Å². The molecule has 0 aromatic heterocycles. The van der Waals surface area contributed by atoms with Crippen LogP contribution >= 0.6 is 0 Å². The molecule has 3 aromatic rings. The molecule has 0 radical (unpaired) electrons. The fourth-order valence-corrected chi connectivity index (χ4v) is 3.73. The Morgan fingerprint density at radius 1 is 0.875 bits per heavy atom. The molecule has 32 heavy (non-hydrogen) atoms. The molecule has 4 N–H and O–H groups in total. The lowest BCUT2D eigenvalue weighted by molar-refractivity contribution is -0.138. The molecule has 0 unspecified atom stereocenters. The number of benzene rings is 3. The number of rotatable bonds is 9. The van der Waals surface area contributed by atoms with Gasteiger partial charge in [0.15, 0.2) is 0 Å². The Kier molecular flexibility index (Phi) is 7.79. The van der Waals surface area contributed by atoms with Crippen molar-refractivity contribution >= 4 is 11.9 Å². The third kappa shape index (κ3) is 6.05. The number of amides is 1. The highest BCUT2D eigenvalue weighted by atomic mass is 16.4. The van der Waals surface area contributed by atoms with Crippen LogP contribution in [0.2, 0.25) is 0 Å². The van der Waals surface area contributed by atoms with Gasteiger partial charge < -0.3 is 16.2 Å². The Morgan fingerprint density at radius 3 is 2.03 bits per heavy atom. The molecule has 0 saturated heterocycles. The van der Waals surface area contributed by atoms with E-state index >= 15 is 0 Å². The van der Waals surface area contributed by atoms with Gasteiger partial charge >= 0.3 is 5.97 Å². The molecule has 0 spiro atoms. The van der Waals surface area contributed by atoms with Crippen LogP contribution in [0, 0.1) is 5.92 Å². The number of carboxylic acids is 1. The van der Waals surface area contributed by atoms with Gasteiger partial charge in [-0.15, -0.1) is 0 Å². The van der Waals surface area contributed by atoms with E-state index in [1.807, 2.05) is 18.2 Å². The van der Waals surface area contributed by atoms with E-state index in [2.05, 4.69) is 55.6 Å². The Bertz CT molecular complexity index is 1030. The highest BCUT2D eigenvalue weighted by Crippen LogP contribution is 2.27. The number of hydrogen-bond donors (Lipinski definition) is 3. The first-order valence-electron chi connectivity index (χ1n) is 10.9. The molecule has 166 valence electrons. The van der Waals surface area contributed by atoms with Gasteiger partial charge in [-0.25, -0.2) is 0 Å². The summed E-state index contributed by atoms with van der Waals surface area (Å²) in [5.74, 6) is -0.636. The van der Waals surface area contributed by atoms with Crippen molar-refractivity contribution in [3.05, 3.63) is 95.6 Å². The minimum atomic E-state index is -1.04. The zero-order valence-corrected chi connectivity index (χ0v) is 18.5. The van der Waals surface area contributed by atoms with Gasteiger partial charge in [0.05, 0.1) is 0 Å². The van der Waals surface area contributed by atoms with Gasteiger partial charge in [0, 0.05) is 18.0 Å². The molecule has 5 nitrogen and oxygen atoms in total. The lowest BCUT2D eigenvalue weighted by Gasteiger charge is -2.22. The Labute approximate surface area is 189 Å². The summed E-state index contributed by atoms with van der Waals surface area (Å²) in [5, 5.41) is 12.0. The van der Waals surface area contributed by atoms with Crippen LogP contribution in [0.1, 0.15) is 41.3 Å². The summed E-state index contributed by atoms with van der Waals surface area (Å²) in [6.07, 6.45) is 0.228. The van der Waals surface area contributed by atoms with E-state index in [4.69, 9.17) is 10.8 Å². The lowest BCUT2D eigenvalue weighted by Crippen LogP contribution is -2.32. The first-order chi connectivity index (χ1) is 15.3. The molecular formula is C27H30N2O3. The number of nitrogens with one attached hydrogen (secondary N) is 1. The fraction of sp³-hybridized carbons (Fsp3) is 0.259. The summed E-state index contributed by atoms with van der Waals surface area (Å²) in [6.45, 7) is 4.84. The van der Waals surface area contributed by atoms with Gasteiger partial charge in [-0.1, -0.05) is 80.6 Å². The lowest BCUT2D eigenvalue weighted by atomic mass is 9.87. The third-order valence-corrected chi connectivity index (χ3v) is 5.72. The summed E-state index contributed by atoms with van der Waals surface area (Å²) >= 11 is 0. The number of nitrogens with two attached hydrogens (primary N) is 1. The summed E-state index contributed by atoms with van der Waals surface area (Å²) in [6, 6.07) is 24.8. The number of carboxylic acid groups (broad SMARTS) is 1. The molecule has 5 heteroatoms. The second-order valence-electron chi connectivity index (χ2n) is 8.39. The van der Waals surface area contributed by atoms with E-state index < -0.39 is 12.0 Å². The molecule has 2 atom stereocenters. The quantitative estimate of drug-likeness (QED) is 0.467. The largest absolute Gasteiger partial charge is 0.480 e. The molecule has 3 aromatic carbocycles. The topological polar surface area (TPSA) is 92.4 Å². The normalized spacial score (nSPS) is 12.9. The molecule has 0 aliphatic carbocycles.